The molecular formula is C78H142NO8P. The van der Waals surface area contributed by atoms with E-state index in [1.807, 2.05) is 21.1 Å². The van der Waals surface area contributed by atoms with Gasteiger partial charge in [-0.15, -0.1) is 0 Å². The maximum atomic E-state index is 12.9. The first-order chi connectivity index (χ1) is 43.0. The third kappa shape index (κ3) is 72.3. The van der Waals surface area contributed by atoms with Crippen LogP contribution in [0.1, 0.15) is 348 Å². The molecule has 0 radical (unpaired) electrons. The van der Waals surface area contributed by atoms with E-state index in [9.17, 15) is 19.0 Å². The van der Waals surface area contributed by atoms with Gasteiger partial charge in [0.05, 0.1) is 27.7 Å². The number of hydrogen-bond donors (Lipinski definition) is 0. The van der Waals surface area contributed by atoms with Gasteiger partial charge in [-0.05, 0) is 70.6 Å². The molecule has 0 N–H and O–H groups in total. The Bertz CT molecular complexity index is 1760. The number of likely N-dealkylation sites (N-methyl/N-ethyl adjacent to an activating group) is 1. The Morgan fingerprint density at radius 3 is 0.966 bits per heavy atom. The predicted molar refractivity (Wildman–Crippen MR) is 379 cm³/mol. The van der Waals surface area contributed by atoms with Gasteiger partial charge in [-0.2, -0.15) is 0 Å². The van der Waals surface area contributed by atoms with Crippen molar-refractivity contribution in [2.24, 2.45) is 0 Å². The van der Waals surface area contributed by atoms with E-state index in [4.69, 9.17) is 18.5 Å². The van der Waals surface area contributed by atoms with Gasteiger partial charge >= 0.3 is 11.9 Å². The summed E-state index contributed by atoms with van der Waals surface area (Å²) in [6.45, 7) is 4.18. The number of nitrogens with zero attached hydrogens (tertiary/aromatic N) is 1. The van der Waals surface area contributed by atoms with Crippen LogP contribution < -0.4 is 4.89 Å². The van der Waals surface area contributed by atoms with Crippen molar-refractivity contribution in [1.82, 2.24) is 0 Å². The molecule has 0 aliphatic rings. The van der Waals surface area contributed by atoms with Crippen molar-refractivity contribution < 1.29 is 42.1 Å². The molecule has 2 atom stereocenters. The number of allylic oxidation sites excluding steroid dienone is 14. The Balaban J connectivity index is 3.97. The summed E-state index contributed by atoms with van der Waals surface area (Å²) in [6.07, 6.45) is 93.9. The summed E-state index contributed by atoms with van der Waals surface area (Å²) in [5.41, 5.74) is 0. The third-order valence-electron chi connectivity index (χ3n) is 16.4. The highest BCUT2D eigenvalue weighted by molar-refractivity contribution is 7.45. The van der Waals surface area contributed by atoms with Gasteiger partial charge in [-0.3, -0.25) is 14.2 Å². The largest absolute Gasteiger partial charge is 0.756 e. The first-order valence-corrected chi connectivity index (χ1v) is 38.8. The first-order valence-electron chi connectivity index (χ1n) is 37.3. The van der Waals surface area contributed by atoms with Gasteiger partial charge in [0.15, 0.2) is 6.10 Å². The first kappa shape index (κ1) is 85.2. The van der Waals surface area contributed by atoms with Crippen LogP contribution in [-0.4, -0.2) is 70.0 Å². The minimum absolute atomic E-state index is 0.0301. The van der Waals surface area contributed by atoms with Gasteiger partial charge in [-0.1, -0.05) is 349 Å². The van der Waals surface area contributed by atoms with Gasteiger partial charge in [0.1, 0.15) is 19.8 Å². The number of esters is 2. The summed E-state index contributed by atoms with van der Waals surface area (Å²) in [5.74, 6) is -0.816. The molecule has 0 bridgehead atoms. The lowest BCUT2D eigenvalue weighted by Crippen LogP contribution is -2.37. The molecule has 0 saturated carbocycles. The van der Waals surface area contributed by atoms with Crippen molar-refractivity contribution >= 4 is 19.8 Å². The van der Waals surface area contributed by atoms with E-state index in [-0.39, 0.29) is 32.0 Å². The molecule has 0 amide bonds. The molecule has 0 fully saturated rings. The standard InChI is InChI=1S/C78H142NO8P/c1-6-8-10-12-14-16-18-20-22-24-26-28-30-32-33-34-35-36-37-38-39-40-41-42-43-44-45-47-49-51-53-55-57-59-61-63-65-67-69-71-78(81)87-76(75-86-88(82,83)85-73-72-79(3,4)5)74-84-77(80)70-68-66-64-62-60-58-56-54-52-50-48-46-31-29-27-25-23-21-19-17-15-13-11-9-7-2/h8,10,14,16,20,22,26,28,32-33,35-36,38-39,76H,6-7,9,11-13,15,17-19,21,23-25,27,29-31,34,37,40-75H2,1-5H3/b10-8-,16-14-,22-20-,28-26-,33-32-,36-35-,39-38-. The van der Waals surface area contributed by atoms with E-state index >= 15 is 0 Å². The fourth-order valence-corrected chi connectivity index (χ4v) is 11.5. The highest BCUT2D eigenvalue weighted by Gasteiger charge is 2.22. The lowest BCUT2D eigenvalue weighted by atomic mass is 10.0. The van der Waals surface area contributed by atoms with Crippen molar-refractivity contribution in [3.05, 3.63) is 85.1 Å². The second-order valence-corrected chi connectivity index (χ2v) is 27.7. The molecule has 0 aromatic heterocycles. The second kappa shape index (κ2) is 68.6. The normalized spacial score (nSPS) is 13.6. The van der Waals surface area contributed by atoms with Gasteiger partial charge in [0.2, 0.25) is 0 Å². The fraction of sp³-hybridized carbons (Fsp3) is 0.795. The summed E-state index contributed by atoms with van der Waals surface area (Å²) < 4.78 is 34.4. The number of carbonyl (C=O) groups excluding carboxylic acids is 2. The molecule has 0 heterocycles. The van der Waals surface area contributed by atoms with Gasteiger partial charge < -0.3 is 27.9 Å². The predicted octanol–water partition coefficient (Wildman–Crippen LogP) is 23.9. The Morgan fingerprint density at radius 1 is 0.364 bits per heavy atom. The quantitative estimate of drug-likeness (QED) is 0.0195. The van der Waals surface area contributed by atoms with Crippen LogP contribution in [0, 0.1) is 0 Å². The zero-order chi connectivity index (χ0) is 64.1. The van der Waals surface area contributed by atoms with E-state index in [1.54, 1.807) is 0 Å². The molecule has 88 heavy (non-hydrogen) atoms. The smallest absolute Gasteiger partial charge is 0.306 e. The SMILES string of the molecule is CC/C=C\C/C=C\C/C=C\C/C=C\C/C=C\C/C=C\C/C=C\CCCCCCCCCCCCCCCCCCCC(=O)OC(COC(=O)CCCCCCCCCCCCCCCCCCCCCCCCCCC)COP(=O)([O-])OCC[N+](C)(C)C. The molecule has 0 aromatic rings. The highest BCUT2D eigenvalue weighted by Crippen LogP contribution is 2.38. The van der Waals surface area contributed by atoms with E-state index in [0.717, 1.165) is 83.5 Å². The molecule has 0 aromatic carbocycles. The monoisotopic (exact) mass is 1250 g/mol. The number of quaternary nitrogens is 1. The van der Waals surface area contributed by atoms with Crippen molar-refractivity contribution in [3.8, 4) is 0 Å². The summed E-state index contributed by atoms with van der Waals surface area (Å²) in [4.78, 5) is 38.1. The van der Waals surface area contributed by atoms with Crippen LogP contribution in [-0.2, 0) is 32.7 Å². The van der Waals surface area contributed by atoms with Crippen LogP contribution >= 0.6 is 7.82 Å². The number of carbonyl (C=O) groups is 2. The van der Waals surface area contributed by atoms with Crippen LogP contribution in [0.5, 0.6) is 0 Å². The third-order valence-corrected chi connectivity index (χ3v) is 17.4. The average molecular weight is 1250 g/mol. The zero-order valence-corrected chi connectivity index (χ0v) is 59.3. The Labute approximate surface area is 545 Å². The summed E-state index contributed by atoms with van der Waals surface area (Å²) in [5, 5.41) is 0. The van der Waals surface area contributed by atoms with E-state index < -0.39 is 26.5 Å². The van der Waals surface area contributed by atoms with Crippen LogP contribution in [0.25, 0.3) is 0 Å². The minimum atomic E-state index is -4.64. The van der Waals surface area contributed by atoms with Crippen LogP contribution in [0.15, 0.2) is 85.1 Å². The van der Waals surface area contributed by atoms with Gasteiger partial charge in [0, 0.05) is 12.8 Å². The fourth-order valence-electron chi connectivity index (χ4n) is 10.8. The number of unbranched alkanes of at least 4 members (excludes halogenated alkanes) is 41. The molecule has 0 saturated heterocycles. The lowest BCUT2D eigenvalue weighted by molar-refractivity contribution is -0.870. The van der Waals surface area contributed by atoms with E-state index in [1.165, 1.54) is 231 Å². The Kier molecular flexibility index (Phi) is 66.4. The molecule has 0 rings (SSSR count). The Morgan fingerprint density at radius 2 is 0.648 bits per heavy atom. The topological polar surface area (TPSA) is 111 Å². The highest BCUT2D eigenvalue weighted by atomic mass is 31.2. The maximum Gasteiger partial charge on any atom is 0.306 e. The maximum absolute atomic E-state index is 12.9. The summed E-state index contributed by atoms with van der Waals surface area (Å²) in [6, 6.07) is 0. The Hall–Kier alpha value is -2.81. The van der Waals surface area contributed by atoms with Crippen LogP contribution in [0.2, 0.25) is 0 Å². The van der Waals surface area contributed by atoms with Gasteiger partial charge in [0.25, 0.3) is 7.82 Å². The summed E-state index contributed by atoms with van der Waals surface area (Å²) >= 11 is 0. The van der Waals surface area contributed by atoms with Gasteiger partial charge in [-0.25, -0.2) is 0 Å². The molecule has 2 unspecified atom stereocenters. The number of rotatable bonds is 69. The number of phosphoric acid groups is 1. The van der Waals surface area contributed by atoms with Crippen molar-refractivity contribution in [2.75, 3.05) is 47.5 Å². The van der Waals surface area contributed by atoms with Crippen LogP contribution in [0.3, 0.4) is 0 Å². The zero-order valence-electron chi connectivity index (χ0n) is 58.4. The average Bonchev–Trinajstić information content (AvgIpc) is 3.68. The van der Waals surface area contributed by atoms with Crippen molar-refractivity contribution in [3.63, 3.8) is 0 Å². The minimum Gasteiger partial charge on any atom is -0.756 e. The second-order valence-electron chi connectivity index (χ2n) is 26.3. The van der Waals surface area contributed by atoms with E-state index in [0.29, 0.717) is 17.4 Å². The molecule has 10 heteroatoms. The lowest BCUT2D eigenvalue weighted by Gasteiger charge is -2.28. The molecule has 0 aliphatic carbocycles. The molecule has 512 valence electrons. The molecule has 0 aliphatic heterocycles. The molecule has 0 spiro atoms. The number of hydrogen-bond acceptors (Lipinski definition) is 8. The van der Waals surface area contributed by atoms with Crippen molar-refractivity contribution in [2.45, 2.75) is 354 Å². The number of ether oxygens (including phenoxy) is 2. The summed E-state index contributed by atoms with van der Waals surface area (Å²) in [7, 11) is 1.18. The number of phosphoric ester groups is 1. The van der Waals surface area contributed by atoms with E-state index in [2.05, 4.69) is 98.9 Å². The molecular weight excluding hydrogens is 1110 g/mol. The van der Waals surface area contributed by atoms with Crippen molar-refractivity contribution in [1.29, 1.82) is 0 Å². The molecule has 9 nitrogen and oxygen atoms in total. The van der Waals surface area contributed by atoms with Crippen LogP contribution in [0.4, 0.5) is 0 Å².